The number of benzene rings is 2. The molecule has 0 spiro atoms. The maximum Gasteiger partial charge on any atom is 0.239 e. The number of β-amino-alcohol motifs (C(OH)–C–C–N with tert-alkyl or cyclic N) is 1. The molecule has 0 aliphatic carbocycles. The summed E-state index contributed by atoms with van der Waals surface area (Å²) in [6.45, 7) is 4.00. The van der Waals surface area contributed by atoms with E-state index in [-0.39, 0.29) is 11.9 Å². The standard InChI is InChI=1S/C20H26N2O2/c1-2-22(20(24)19-13-17(23)14-21-19)12-6-10-16-9-5-8-15-7-3-4-11-18(15)16/h3-5,7-9,11,17,19,21,23H,2,6,10,12-14H2,1H3/t17?,19-/m0/s1. The molecule has 0 bridgehead atoms. The average Bonchev–Trinajstić information content (AvgIpc) is 3.05. The molecule has 2 N–H and O–H groups in total. The lowest BCUT2D eigenvalue weighted by Crippen LogP contribution is -2.44. The van der Waals surface area contributed by atoms with Crippen molar-refractivity contribution < 1.29 is 9.90 Å². The van der Waals surface area contributed by atoms with Crippen LogP contribution in [0.1, 0.15) is 25.3 Å². The van der Waals surface area contributed by atoms with Crippen molar-refractivity contribution in [2.75, 3.05) is 19.6 Å². The number of amides is 1. The number of hydrogen-bond acceptors (Lipinski definition) is 3. The van der Waals surface area contributed by atoms with Crippen molar-refractivity contribution in [1.82, 2.24) is 10.2 Å². The van der Waals surface area contributed by atoms with Gasteiger partial charge in [-0.1, -0.05) is 42.5 Å². The van der Waals surface area contributed by atoms with Crippen molar-refractivity contribution in [1.29, 1.82) is 0 Å². The molecule has 24 heavy (non-hydrogen) atoms. The Morgan fingerprint density at radius 1 is 1.25 bits per heavy atom. The van der Waals surface area contributed by atoms with Crippen molar-refractivity contribution in [3.8, 4) is 0 Å². The van der Waals surface area contributed by atoms with Crippen LogP contribution in [0, 0.1) is 0 Å². The monoisotopic (exact) mass is 326 g/mol. The molecule has 4 heteroatoms. The number of aryl methyl sites for hydroxylation is 1. The summed E-state index contributed by atoms with van der Waals surface area (Å²) >= 11 is 0. The molecule has 1 aliphatic heterocycles. The third-order valence-corrected chi connectivity index (χ3v) is 4.85. The maximum atomic E-state index is 12.5. The number of fused-ring (bicyclic) bond motifs is 1. The predicted octanol–water partition coefficient (Wildman–Crippen LogP) is 2.34. The van der Waals surface area contributed by atoms with Gasteiger partial charge in [-0.2, -0.15) is 0 Å². The predicted molar refractivity (Wildman–Crippen MR) is 96.9 cm³/mol. The lowest BCUT2D eigenvalue weighted by molar-refractivity contribution is -0.133. The molecule has 1 aliphatic rings. The molecule has 2 aromatic carbocycles. The molecule has 0 aromatic heterocycles. The van der Waals surface area contributed by atoms with E-state index in [9.17, 15) is 9.90 Å². The van der Waals surface area contributed by atoms with Gasteiger partial charge in [0.15, 0.2) is 0 Å². The summed E-state index contributed by atoms with van der Waals surface area (Å²) in [7, 11) is 0. The second-order valence-corrected chi connectivity index (χ2v) is 6.51. The van der Waals surface area contributed by atoms with E-state index in [1.165, 1.54) is 16.3 Å². The molecule has 0 saturated carbocycles. The lowest BCUT2D eigenvalue weighted by Gasteiger charge is -2.24. The first-order chi connectivity index (χ1) is 11.7. The summed E-state index contributed by atoms with van der Waals surface area (Å²) in [5.74, 6) is 0.118. The molecule has 1 unspecified atom stereocenters. The van der Waals surface area contributed by atoms with Crippen molar-refractivity contribution in [3.63, 3.8) is 0 Å². The number of aliphatic hydroxyl groups is 1. The van der Waals surface area contributed by atoms with Crippen LogP contribution in [-0.2, 0) is 11.2 Å². The van der Waals surface area contributed by atoms with Gasteiger partial charge in [-0.15, -0.1) is 0 Å². The fraction of sp³-hybridized carbons (Fsp3) is 0.450. The van der Waals surface area contributed by atoms with Crippen molar-refractivity contribution >= 4 is 16.7 Å². The Hall–Kier alpha value is -1.91. The highest BCUT2D eigenvalue weighted by molar-refractivity contribution is 5.85. The molecule has 2 atom stereocenters. The van der Waals surface area contributed by atoms with Crippen molar-refractivity contribution in [2.24, 2.45) is 0 Å². The van der Waals surface area contributed by atoms with Gasteiger partial charge in [0.2, 0.25) is 5.91 Å². The Balaban J connectivity index is 1.59. The highest BCUT2D eigenvalue weighted by atomic mass is 16.3. The third kappa shape index (κ3) is 3.77. The first kappa shape index (κ1) is 16.9. The zero-order valence-electron chi connectivity index (χ0n) is 14.2. The Labute approximate surface area is 143 Å². The molecule has 3 rings (SSSR count). The highest BCUT2D eigenvalue weighted by Gasteiger charge is 2.30. The van der Waals surface area contributed by atoms with Gasteiger partial charge in [0.25, 0.3) is 0 Å². The number of carbonyl (C=O) groups is 1. The number of carbonyl (C=O) groups excluding carboxylic acids is 1. The van der Waals surface area contributed by atoms with E-state index < -0.39 is 6.10 Å². The second kappa shape index (κ2) is 7.77. The zero-order valence-corrected chi connectivity index (χ0v) is 14.2. The van der Waals surface area contributed by atoms with Gasteiger partial charge < -0.3 is 15.3 Å². The van der Waals surface area contributed by atoms with E-state index in [2.05, 4.69) is 47.8 Å². The van der Waals surface area contributed by atoms with E-state index in [0.717, 1.165) is 19.4 Å². The summed E-state index contributed by atoms with van der Waals surface area (Å²) in [4.78, 5) is 14.4. The van der Waals surface area contributed by atoms with E-state index in [1.807, 2.05) is 11.8 Å². The Bertz CT molecular complexity index is 696. The number of nitrogens with one attached hydrogen (secondary N) is 1. The molecule has 0 radical (unpaired) electrons. The molecule has 1 fully saturated rings. The van der Waals surface area contributed by atoms with E-state index >= 15 is 0 Å². The van der Waals surface area contributed by atoms with Gasteiger partial charge in [0.05, 0.1) is 12.1 Å². The molecule has 128 valence electrons. The van der Waals surface area contributed by atoms with Crippen LogP contribution in [0.3, 0.4) is 0 Å². The van der Waals surface area contributed by atoms with Gasteiger partial charge in [0.1, 0.15) is 0 Å². The van der Waals surface area contributed by atoms with Gasteiger partial charge in [-0.3, -0.25) is 4.79 Å². The molecule has 1 amide bonds. The van der Waals surface area contributed by atoms with Crippen LogP contribution < -0.4 is 5.32 Å². The van der Waals surface area contributed by atoms with Gasteiger partial charge in [0, 0.05) is 19.6 Å². The van der Waals surface area contributed by atoms with E-state index in [1.54, 1.807) is 0 Å². The SMILES string of the molecule is CCN(CCCc1cccc2ccccc12)C(=O)[C@@H]1CC(O)CN1. The minimum absolute atomic E-state index is 0.118. The second-order valence-electron chi connectivity index (χ2n) is 6.51. The first-order valence-corrected chi connectivity index (χ1v) is 8.86. The normalized spacial score (nSPS) is 20.4. The number of hydrogen-bond donors (Lipinski definition) is 2. The Morgan fingerprint density at radius 2 is 2.04 bits per heavy atom. The summed E-state index contributed by atoms with van der Waals surface area (Å²) < 4.78 is 0. The molecular formula is C20H26N2O2. The minimum atomic E-state index is -0.395. The first-order valence-electron chi connectivity index (χ1n) is 8.86. The average molecular weight is 326 g/mol. The number of likely N-dealkylation sites (N-methyl/N-ethyl adjacent to an activating group) is 1. The fourth-order valence-electron chi connectivity index (χ4n) is 3.52. The van der Waals surface area contributed by atoms with Gasteiger partial charge >= 0.3 is 0 Å². The maximum absolute atomic E-state index is 12.5. The van der Waals surface area contributed by atoms with E-state index in [0.29, 0.717) is 19.5 Å². The summed E-state index contributed by atoms with van der Waals surface area (Å²) in [6, 6.07) is 14.6. The largest absolute Gasteiger partial charge is 0.392 e. The van der Waals surface area contributed by atoms with Gasteiger partial charge in [-0.25, -0.2) is 0 Å². The van der Waals surface area contributed by atoms with Crippen LogP contribution in [0.25, 0.3) is 10.8 Å². The van der Waals surface area contributed by atoms with Crippen LogP contribution in [0.4, 0.5) is 0 Å². The van der Waals surface area contributed by atoms with Crippen LogP contribution in [0.15, 0.2) is 42.5 Å². The molecule has 2 aromatic rings. The smallest absolute Gasteiger partial charge is 0.239 e. The molecule has 4 nitrogen and oxygen atoms in total. The summed E-state index contributed by atoms with van der Waals surface area (Å²) in [6.07, 6.45) is 2.04. The topological polar surface area (TPSA) is 52.6 Å². The highest BCUT2D eigenvalue weighted by Crippen LogP contribution is 2.20. The number of aliphatic hydroxyl groups excluding tert-OH is 1. The number of nitrogens with zero attached hydrogens (tertiary/aromatic N) is 1. The zero-order chi connectivity index (χ0) is 16.9. The third-order valence-electron chi connectivity index (χ3n) is 4.85. The molecule has 1 heterocycles. The summed E-state index contributed by atoms with van der Waals surface area (Å²) in [5.41, 5.74) is 1.34. The van der Waals surface area contributed by atoms with Crippen molar-refractivity contribution in [3.05, 3.63) is 48.0 Å². The van der Waals surface area contributed by atoms with Crippen molar-refractivity contribution in [2.45, 2.75) is 38.3 Å². The molecular weight excluding hydrogens is 300 g/mol. The Morgan fingerprint density at radius 3 is 2.79 bits per heavy atom. The molecule has 1 saturated heterocycles. The summed E-state index contributed by atoms with van der Waals surface area (Å²) in [5, 5.41) is 15.3. The van der Waals surface area contributed by atoms with Gasteiger partial charge in [-0.05, 0) is 42.5 Å². The van der Waals surface area contributed by atoms with Crippen LogP contribution in [0.5, 0.6) is 0 Å². The van der Waals surface area contributed by atoms with Crippen LogP contribution >= 0.6 is 0 Å². The van der Waals surface area contributed by atoms with E-state index in [4.69, 9.17) is 0 Å². The Kier molecular flexibility index (Phi) is 5.48. The fourth-order valence-corrected chi connectivity index (χ4v) is 3.52. The minimum Gasteiger partial charge on any atom is -0.392 e. The quantitative estimate of drug-likeness (QED) is 0.857. The lowest BCUT2D eigenvalue weighted by atomic mass is 10.0. The van der Waals surface area contributed by atoms with Crippen LogP contribution in [-0.4, -0.2) is 47.7 Å². The van der Waals surface area contributed by atoms with Crippen LogP contribution in [0.2, 0.25) is 0 Å². The number of rotatable bonds is 6.